The summed E-state index contributed by atoms with van der Waals surface area (Å²) in [5.41, 5.74) is -0.294. The first kappa shape index (κ1) is 15.1. The van der Waals surface area contributed by atoms with E-state index in [9.17, 15) is 22.9 Å². The average Bonchev–Trinajstić information content (AvgIpc) is 2.46. The van der Waals surface area contributed by atoms with Gasteiger partial charge < -0.3 is 0 Å². The molecule has 2 rings (SSSR count). The lowest BCUT2D eigenvalue weighted by molar-refractivity contribution is -0.387. The summed E-state index contributed by atoms with van der Waals surface area (Å²) in [6, 6.07) is 10.8. The summed E-state index contributed by atoms with van der Waals surface area (Å²) in [7, 11) is -4.20. The van der Waals surface area contributed by atoms with Crippen LogP contribution in [-0.4, -0.2) is 13.3 Å². The molecule has 0 atom stereocenters. The second kappa shape index (κ2) is 5.98. The number of rotatable bonds is 5. The highest BCUT2D eigenvalue weighted by Gasteiger charge is 2.22. The lowest BCUT2D eigenvalue weighted by Gasteiger charge is -2.06. The zero-order valence-corrected chi connectivity index (χ0v) is 11.4. The molecule has 0 radical (unpaired) electrons. The van der Waals surface area contributed by atoms with Crippen LogP contribution >= 0.6 is 0 Å². The smallest absolute Gasteiger partial charge is 0.262 e. The highest BCUT2D eigenvalue weighted by Crippen LogP contribution is 2.23. The second-order valence-electron chi connectivity index (χ2n) is 4.07. The van der Waals surface area contributed by atoms with E-state index in [0.717, 1.165) is 12.1 Å². The van der Waals surface area contributed by atoms with Crippen LogP contribution in [0.15, 0.2) is 53.4 Å². The Hall–Kier alpha value is -2.32. The molecule has 0 aromatic heterocycles. The summed E-state index contributed by atoms with van der Waals surface area (Å²) in [5, 5.41) is 10.6. The molecule has 2 aromatic carbocycles. The summed E-state index contributed by atoms with van der Waals surface area (Å²) >= 11 is 0. The van der Waals surface area contributed by atoms with Gasteiger partial charge in [-0.2, -0.15) is 12.8 Å². The lowest BCUT2D eigenvalue weighted by Crippen LogP contribution is -2.07. The Labute approximate surface area is 120 Å². The van der Waals surface area contributed by atoms with Gasteiger partial charge in [0.05, 0.1) is 11.5 Å². The topological polar surface area (TPSA) is 86.5 Å². The monoisotopic (exact) mass is 311 g/mol. The normalized spacial score (nSPS) is 11.3. The van der Waals surface area contributed by atoms with Crippen molar-refractivity contribution in [3.63, 3.8) is 0 Å². The molecule has 0 aliphatic heterocycles. The Bertz CT molecular complexity index is 761. The van der Waals surface area contributed by atoms with Crippen molar-refractivity contribution >= 4 is 15.8 Å². The van der Waals surface area contributed by atoms with Gasteiger partial charge in [0.1, 0.15) is 4.90 Å². The summed E-state index contributed by atoms with van der Waals surface area (Å²) in [6.07, 6.45) is 0. The van der Waals surface area contributed by atoms with Crippen molar-refractivity contribution < 1.29 is 21.9 Å². The van der Waals surface area contributed by atoms with Crippen molar-refractivity contribution in [2.45, 2.75) is 11.5 Å². The molecule has 110 valence electrons. The quantitative estimate of drug-likeness (QED) is 0.481. The molecular formula is C13H10FNO5S. The van der Waals surface area contributed by atoms with E-state index in [0.29, 0.717) is 11.6 Å². The molecule has 0 unspecified atom stereocenters. The highest BCUT2D eigenvalue weighted by atomic mass is 32.2. The fourth-order valence-corrected chi connectivity index (χ4v) is 2.49. The van der Waals surface area contributed by atoms with E-state index >= 15 is 0 Å². The molecule has 6 nitrogen and oxygen atoms in total. The molecule has 2 aromatic rings. The molecule has 0 heterocycles. The molecule has 0 fully saturated rings. The summed E-state index contributed by atoms with van der Waals surface area (Å²) in [4.78, 5) is 9.15. The fraction of sp³-hybridized carbons (Fsp3) is 0.0769. The van der Waals surface area contributed by atoms with Crippen LogP contribution in [0.3, 0.4) is 0 Å². The van der Waals surface area contributed by atoms with Gasteiger partial charge in [0.25, 0.3) is 10.1 Å². The van der Waals surface area contributed by atoms with Gasteiger partial charge in [0.2, 0.25) is 5.82 Å². The van der Waals surface area contributed by atoms with Gasteiger partial charge in [-0.1, -0.05) is 30.3 Å². The van der Waals surface area contributed by atoms with Crippen molar-refractivity contribution in [1.82, 2.24) is 0 Å². The van der Waals surface area contributed by atoms with Gasteiger partial charge in [0.15, 0.2) is 0 Å². The molecule has 0 aliphatic rings. The van der Waals surface area contributed by atoms with Crippen LogP contribution in [0.5, 0.6) is 0 Å². The molecule has 21 heavy (non-hydrogen) atoms. The van der Waals surface area contributed by atoms with Crippen molar-refractivity contribution in [2.24, 2.45) is 0 Å². The maximum atomic E-state index is 13.2. The molecule has 0 saturated carbocycles. The third-order valence-corrected chi connectivity index (χ3v) is 3.89. The zero-order valence-electron chi connectivity index (χ0n) is 10.6. The van der Waals surface area contributed by atoms with Gasteiger partial charge in [-0.15, -0.1) is 0 Å². The van der Waals surface area contributed by atoms with Crippen LogP contribution in [0.25, 0.3) is 0 Å². The first-order chi connectivity index (χ1) is 9.90. The largest absolute Gasteiger partial charge is 0.306 e. The molecule has 0 aliphatic carbocycles. The van der Waals surface area contributed by atoms with Gasteiger partial charge >= 0.3 is 5.69 Å². The summed E-state index contributed by atoms with van der Waals surface area (Å²) in [6.45, 7) is -0.214. The van der Waals surface area contributed by atoms with Crippen LogP contribution in [0.1, 0.15) is 5.56 Å². The summed E-state index contributed by atoms with van der Waals surface area (Å²) < 4.78 is 41.8. The van der Waals surface area contributed by atoms with E-state index in [4.69, 9.17) is 4.18 Å². The molecule has 0 saturated heterocycles. The van der Waals surface area contributed by atoms with Gasteiger partial charge in [-0.05, 0) is 17.7 Å². The minimum absolute atomic E-state index is 0.214. The van der Waals surface area contributed by atoms with Gasteiger partial charge in [-0.25, -0.2) is 0 Å². The Morgan fingerprint density at radius 3 is 2.43 bits per heavy atom. The number of hydrogen-bond donors (Lipinski definition) is 0. The molecule has 0 bridgehead atoms. The predicted molar refractivity (Wildman–Crippen MR) is 71.5 cm³/mol. The van der Waals surface area contributed by atoms with Crippen LogP contribution in [-0.2, 0) is 20.9 Å². The highest BCUT2D eigenvalue weighted by molar-refractivity contribution is 7.86. The molecule has 8 heteroatoms. The molecule has 0 spiro atoms. The average molecular weight is 311 g/mol. The van der Waals surface area contributed by atoms with Crippen molar-refractivity contribution in [3.05, 3.63) is 70.0 Å². The number of nitrogens with zero attached hydrogens (tertiary/aromatic N) is 1. The molecule has 0 N–H and O–H groups in total. The molecular weight excluding hydrogens is 301 g/mol. The number of nitro benzene ring substituents is 1. The van der Waals surface area contributed by atoms with Crippen molar-refractivity contribution in [3.8, 4) is 0 Å². The van der Waals surface area contributed by atoms with Crippen molar-refractivity contribution in [2.75, 3.05) is 0 Å². The first-order valence-corrected chi connectivity index (χ1v) is 7.18. The van der Waals surface area contributed by atoms with E-state index in [1.807, 2.05) is 0 Å². The Morgan fingerprint density at radius 1 is 1.14 bits per heavy atom. The van der Waals surface area contributed by atoms with E-state index in [1.54, 1.807) is 30.3 Å². The van der Waals surface area contributed by atoms with Crippen molar-refractivity contribution in [1.29, 1.82) is 0 Å². The van der Waals surface area contributed by atoms with E-state index in [2.05, 4.69) is 0 Å². The Morgan fingerprint density at radius 2 is 1.81 bits per heavy atom. The minimum atomic E-state index is -4.20. The van der Waals surface area contributed by atoms with Crippen LogP contribution in [0.2, 0.25) is 0 Å². The van der Waals surface area contributed by atoms with E-state index in [-0.39, 0.29) is 6.61 Å². The van der Waals surface area contributed by atoms with E-state index in [1.165, 1.54) is 0 Å². The number of nitro groups is 1. The van der Waals surface area contributed by atoms with Crippen LogP contribution in [0, 0.1) is 15.9 Å². The van der Waals surface area contributed by atoms with Crippen LogP contribution in [0.4, 0.5) is 10.1 Å². The third-order valence-electron chi connectivity index (χ3n) is 2.63. The predicted octanol–water partition coefficient (Wildman–Crippen LogP) is 2.64. The second-order valence-corrected chi connectivity index (χ2v) is 5.69. The summed E-state index contributed by atoms with van der Waals surface area (Å²) in [5.74, 6) is -1.11. The third kappa shape index (κ3) is 3.61. The maximum Gasteiger partial charge on any atom is 0.306 e. The minimum Gasteiger partial charge on any atom is -0.262 e. The first-order valence-electron chi connectivity index (χ1n) is 5.77. The van der Waals surface area contributed by atoms with Gasteiger partial charge in [0, 0.05) is 6.07 Å². The SMILES string of the molecule is O=[N+]([O-])c1cc(S(=O)(=O)OCc2ccccc2)ccc1F. The number of hydrogen-bond acceptors (Lipinski definition) is 5. The van der Waals surface area contributed by atoms with Gasteiger partial charge in [-0.3, -0.25) is 14.3 Å². The fourth-order valence-electron chi connectivity index (χ4n) is 1.58. The Kier molecular flexibility index (Phi) is 4.29. The number of benzene rings is 2. The standard InChI is InChI=1S/C13H10FNO5S/c14-12-7-6-11(8-13(12)15(16)17)21(18,19)20-9-10-4-2-1-3-5-10/h1-8H,9H2. The number of halogens is 1. The van der Waals surface area contributed by atoms with E-state index < -0.39 is 31.4 Å². The zero-order chi connectivity index (χ0) is 15.5. The van der Waals surface area contributed by atoms with Crippen LogP contribution < -0.4 is 0 Å². The lowest BCUT2D eigenvalue weighted by atomic mass is 10.2. The molecule has 0 amide bonds. The Balaban J connectivity index is 2.24. The maximum absolute atomic E-state index is 13.2.